The molecule has 29 heavy (non-hydrogen) atoms. The molecule has 3 aromatic rings. The standard InChI is InChI=1S/C20H22N4O3.2ClH/c1-24-17-8-7-15(20(26)22-10-9-18(25)27-2)11-16(17)23-19(24)14-5-3-13(12-21)4-6-14;;/h3-8,11H,9-10,12,21H2,1-2H3,(H,22,26);2*1H. The molecule has 0 radical (unpaired) electrons. The van der Waals surface area contributed by atoms with Gasteiger partial charge in [0.1, 0.15) is 5.82 Å². The van der Waals surface area contributed by atoms with Gasteiger partial charge in [0.2, 0.25) is 0 Å². The first-order valence-corrected chi connectivity index (χ1v) is 8.64. The Labute approximate surface area is 181 Å². The predicted octanol–water partition coefficient (Wildman–Crippen LogP) is 2.84. The number of hydrogen-bond acceptors (Lipinski definition) is 5. The van der Waals surface area contributed by atoms with Crippen LogP contribution in [0.1, 0.15) is 22.3 Å². The highest BCUT2D eigenvalue weighted by atomic mass is 35.5. The highest BCUT2D eigenvalue weighted by Crippen LogP contribution is 2.24. The van der Waals surface area contributed by atoms with Crippen molar-refractivity contribution in [2.45, 2.75) is 13.0 Å². The molecule has 3 rings (SSSR count). The smallest absolute Gasteiger partial charge is 0.307 e. The zero-order chi connectivity index (χ0) is 19.4. The first kappa shape index (κ1) is 24.4. The number of rotatable bonds is 6. The molecule has 3 N–H and O–H groups in total. The number of nitrogens with zero attached hydrogens (tertiary/aromatic N) is 2. The Kier molecular flexibility index (Phi) is 9.10. The third kappa shape index (κ3) is 5.47. The largest absolute Gasteiger partial charge is 0.469 e. The van der Waals surface area contributed by atoms with Crippen LogP contribution in [0.15, 0.2) is 42.5 Å². The van der Waals surface area contributed by atoms with Crippen molar-refractivity contribution >= 4 is 47.7 Å². The maximum absolute atomic E-state index is 12.3. The number of nitrogens with one attached hydrogen (secondary N) is 1. The van der Waals surface area contributed by atoms with Crippen LogP contribution in [0.5, 0.6) is 0 Å². The van der Waals surface area contributed by atoms with E-state index in [9.17, 15) is 9.59 Å². The number of methoxy groups -OCH3 is 1. The fourth-order valence-electron chi connectivity index (χ4n) is 2.87. The SMILES string of the molecule is COC(=O)CCNC(=O)c1ccc2c(c1)nc(-c1ccc(CN)cc1)n2C.Cl.Cl. The first-order chi connectivity index (χ1) is 13.0. The fourth-order valence-corrected chi connectivity index (χ4v) is 2.87. The molecule has 1 heterocycles. The van der Waals surface area contributed by atoms with Gasteiger partial charge >= 0.3 is 5.97 Å². The van der Waals surface area contributed by atoms with Crippen molar-refractivity contribution in [3.8, 4) is 11.4 Å². The Morgan fingerprint density at radius 2 is 1.83 bits per heavy atom. The molecule has 2 aromatic carbocycles. The Morgan fingerprint density at radius 3 is 2.45 bits per heavy atom. The number of carbonyl (C=O) groups excluding carboxylic acids is 2. The van der Waals surface area contributed by atoms with Crippen LogP contribution in [0.4, 0.5) is 0 Å². The molecule has 0 fully saturated rings. The van der Waals surface area contributed by atoms with Crippen molar-refractivity contribution in [2.75, 3.05) is 13.7 Å². The molecule has 0 atom stereocenters. The number of carbonyl (C=O) groups is 2. The van der Waals surface area contributed by atoms with Crippen LogP contribution in [0, 0.1) is 0 Å². The lowest BCUT2D eigenvalue weighted by molar-refractivity contribution is -0.140. The second-order valence-electron chi connectivity index (χ2n) is 6.18. The number of imidazole rings is 1. The van der Waals surface area contributed by atoms with Gasteiger partial charge in [0.05, 0.1) is 24.6 Å². The number of esters is 1. The zero-order valence-corrected chi connectivity index (χ0v) is 17.8. The van der Waals surface area contributed by atoms with Crippen LogP contribution >= 0.6 is 24.8 Å². The van der Waals surface area contributed by atoms with Crippen molar-refractivity contribution in [3.63, 3.8) is 0 Å². The van der Waals surface area contributed by atoms with E-state index in [2.05, 4.69) is 15.0 Å². The normalized spacial score (nSPS) is 10.0. The lowest BCUT2D eigenvalue weighted by Crippen LogP contribution is -2.26. The summed E-state index contributed by atoms with van der Waals surface area (Å²) < 4.78 is 6.55. The van der Waals surface area contributed by atoms with Gasteiger partial charge in [-0.15, -0.1) is 24.8 Å². The second-order valence-corrected chi connectivity index (χ2v) is 6.18. The highest BCUT2D eigenvalue weighted by Gasteiger charge is 2.13. The van der Waals surface area contributed by atoms with E-state index in [0.717, 1.165) is 28.0 Å². The average molecular weight is 439 g/mol. The number of amides is 1. The van der Waals surface area contributed by atoms with E-state index in [1.165, 1.54) is 7.11 Å². The maximum atomic E-state index is 12.3. The molecule has 0 unspecified atom stereocenters. The van der Waals surface area contributed by atoms with Crippen LogP contribution < -0.4 is 11.1 Å². The van der Waals surface area contributed by atoms with Gasteiger partial charge < -0.3 is 20.4 Å². The third-order valence-corrected chi connectivity index (χ3v) is 4.43. The maximum Gasteiger partial charge on any atom is 0.307 e. The number of halogens is 2. The molecule has 0 bridgehead atoms. The van der Waals surface area contributed by atoms with Gasteiger partial charge in [-0.2, -0.15) is 0 Å². The van der Waals surface area contributed by atoms with Crippen LogP contribution in [-0.2, 0) is 23.1 Å². The zero-order valence-electron chi connectivity index (χ0n) is 16.2. The van der Waals surface area contributed by atoms with Gasteiger partial charge in [0, 0.05) is 31.3 Å². The van der Waals surface area contributed by atoms with Gasteiger partial charge in [-0.05, 0) is 23.8 Å². The van der Waals surface area contributed by atoms with E-state index in [4.69, 9.17) is 5.73 Å². The van der Waals surface area contributed by atoms with E-state index >= 15 is 0 Å². The lowest BCUT2D eigenvalue weighted by Gasteiger charge is -2.05. The van der Waals surface area contributed by atoms with Gasteiger partial charge in [-0.25, -0.2) is 4.98 Å². The molecule has 1 amide bonds. The monoisotopic (exact) mass is 438 g/mol. The number of benzene rings is 2. The van der Waals surface area contributed by atoms with Gasteiger partial charge in [0.25, 0.3) is 5.91 Å². The summed E-state index contributed by atoms with van der Waals surface area (Å²) in [6, 6.07) is 13.3. The number of aromatic nitrogens is 2. The van der Waals surface area contributed by atoms with E-state index in [-0.39, 0.29) is 49.7 Å². The number of aryl methyl sites for hydroxylation is 1. The molecular weight excluding hydrogens is 415 g/mol. The molecule has 156 valence electrons. The van der Waals surface area contributed by atoms with Crippen LogP contribution in [0.25, 0.3) is 22.4 Å². The quantitative estimate of drug-likeness (QED) is 0.576. The summed E-state index contributed by atoms with van der Waals surface area (Å²) in [7, 11) is 3.26. The number of nitrogens with two attached hydrogens (primary N) is 1. The number of ether oxygens (including phenoxy) is 1. The highest BCUT2D eigenvalue weighted by molar-refractivity contribution is 5.98. The lowest BCUT2D eigenvalue weighted by atomic mass is 10.1. The molecule has 1 aromatic heterocycles. The van der Waals surface area contributed by atoms with E-state index in [0.29, 0.717) is 12.1 Å². The Hall–Kier alpha value is -2.61. The van der Waals surface area contributed by atoms with Gasteiger partial charge in [0.15, 0.2) is 0 Å². The molecule has 0 saturated carbocycles. The summed E-state index contributed by atoms with van der Waals surface area (Å²) in [4.78, 5) is 28.1. The van der Waals surface area contributed by atoms with Crippen molar-refractivity contribution in [3.05, 3.63) is 53.6 Å². The van der Waals surface area contributed by atoms with E-state index in [1.54, 1.807) is 12.1 Å². The Morgan fingerprint density at radius 1 is 1.14 bits per heavy atom. The molecule has 0 saturated heterocycles. The Bertz CT molecular complexity index is 987. The summed E-state index contributed by atoms with van der Waals surface area (Å²) in [5, 5.41) is 2.71. The first-order valence-electron chi connectivity index (χ1n) is 8.64. The predicted molar refractivity (Wildman–Crippen MR) is 118 cm³/mol. The minimum absolute atomic E-state index is 0. The molecule has 0 aliphatic heterocycles. The Balaban J connectivity index is 0.00000210. The summed E-state index contributed by atoms with van der Waals surface area (Å²) in [5.74, 6) is 0.206. The second kappa shape index (κ2) is 10.8. The molecular formula is C20H24Cl2N4O3. The van der Waals surface area contributed by atoms with E-state index < -0.39 is 0 Å². The summed E-state index contributed by atoms with van der Waals surface area (Å²) in [6.45, 7) is 0.724. The van der Waals surface area contributed by atoms with Crippen molar-refractivity contribution in [2.24, 2.45) is 12.8 Å². The average Bonchev–Trinajstić information content (AvgIpc) is 3.03. The van der Waals surface area contributed by atoms with Crippen molar-refractivity contribution < 1.29 is 14.3 Å². The molecule has 0 spiro atoms. The number of fused-ring (bicyclic) bond motifs is 1. The summed E-state index contributed by atoms with van der Waals surface area (Å²) in [6.07, 6.45) is 0.136. The van der Waals surface area contributed by atoms with Crippen molar-refractivity contribution in [1.29, 1.82) is 0 Å². The summed E-state index contributed by atoms with van der Waals surface area (Å²) in [5.41, 5.74) is 9.85. The van der Waals surface area contributed by atoms with Gasteiger partial charge in [-0.1, -0.05) is 24.3 Å². The minimum Gasteiger partial charge on any atom is -0.469 e. The molecule has 0 aliphatic carbocycles. The molecule has 9 heteroatoms. The van der Waals surface area contributed by atoms with Crippen LogP contribution in [0.3, 0.4) is 0 Å². The third-order valence-electron chi connectivity index (χ3n) is 4.43. The van der Waals surface area contributed by atoms with Crippen molar-refractivity contribution in [1.82, 2.24) is 14.9 Å². The fraction of sp³-hybridized carbons (Fsp3) is 0.250. The molecule has 7 nitrogen and oxygen atoms in total. The number of hydrogen-bond donors (Lipinski definition) is 2. The van der Waals surface area contributed by atoms with E-state index in [1.807, 2.05) is 41.9 Å². The summed E-state index contributed by atoms with van der Waals surface area (Å²) >= 11 is 0. The molecule has 0 aliphatic rings. The van der Waals surface area contributed by atoms with Gasteiger partial charge in [-0.3, -0.25) is 9.59 Å². The van der Waals surface area contributed by atoms with Crippen LogP contribution in [-0.4, -0.2) is 35.1 Å². The minimum atomic E-state index is -0.360. The van der Waals surface area contributed by atoms with Crippen LogP contribution in [0.2, 0.25) is 0 Å². The topological polar surface area (TPSA) is 99.2 Å².